The second-order valence-electron chi connectivity index (χ2n) is 4.51. The molecule has 3 rings (SSSR count). The van der Waals surface area contributed by atoms with Crippen LogP contribution in [0.3, 0.4) is 0 Å². The normalized spacial score (nSPS) is 16.8. The van der Waals surface area contributed by atoms with Crippen molar-refractivity contribution < 1.29 is 4.79 Å². The zero-order valence-electron chi connectivity index (χ0n) is 9.81. The third kappa shape index (κ3) is 1.73. The van der Waals surface area contributed by atoms with Gasteiger partial charge in [0.15, 0.2) is 0 Å². The summed E-state index contributed by atoms with van der Waals surface area (Å²) in [5.74, 6) is 0.547. The van der Waals surface area contributed by atoms with Crippen LogP contribution in [-0.2, 0) is 6.42 Å². The van der Waals surface area contributed by atoms with E-state index in [0.717, 1.165) is 6.42 Å². The van der Waals surface area contributed by atoms with Crippen molar-refractivity contribution in [2.24, 2.45) is 0 Å². The summed E-state index contributed by atoms with van der Waals surface area (Å²) in [7, 11) is 0. The van der Waals surface area contributed by atoms with E-state index in [0.29, 0.717) is 23.8 Å². The molecule has 1 aromatic carbocycles. The molecule has 0 saturated heterocycles. The number of H-pyrrole nitrogens is 1. The number of benzene rings is 1. The summed E-state index contributed by atoms with van der Waals surface area (Å²) in [6.07, 6.45) is 2.47. The molecule has 4 N–H and O–H groups in total. The van der Waals surface area contributed by atoms with E-state index in [1.165, 1.54) is 17.3 Å². The number of aromatic nitrogens is 2. The van der Waals surface area contributed by atoms with Gasteiger partial charge in [-0.3, -0.25) is 9.89 Å². The lowest BCUT2D eigenvalue weighted by molar-refractivity contribution is 0.0951. The van der Waals surface area contributed by atoms with Crippen molar-refractivity contribution in [3.8, 4) is 0 Å². The van der Waals surface area contributed by atoms with Crippen LogP contribution >= 0.6 is 0 Å². The van der Waals surface area contributed by atoms with Gasteiger partial charge in [0.2, 0.25) is 0 Å². The van der Waals surface area contributed by atoms with Crippen LogP contribution in [0.25, 0.3) is 0 Å². The third-order valence-corrected chi connectivity index (χ3v) is 3.38. The summed E-state index contributed by atoms with van der Waals surface area (Å²) in [5.41, 5.74) is 8.70. The Morgan fingerprint density at radius 3 is 3.06 bits per heavy atom. The van der Waals surface area contributed by atoms with Crippen molar-refractivity contribution in [1.29, 1.82) is 0 Å². The van der Waals surface area contributed by atoms with Crippen LogP contribution < -0.4 is 11.1 Å². The predicted octanol–water partition coefficient (Wildman–Crippen LogP) is 1.06. The molecule has 1 aliphatic rings. The topological polar surface area (TPSA) is 83.8 Å². The maximum Gasteiger partial charge on any atom is 0.256 e. The van der Waals surface area contributed by atoms with Crippen LogP contribution in [-0.4, -0.2) is 22.6 Å². The number of fused-ring (bicyclic) bond motifs is 1. The Hall–Kier alpha value is -2.30. The summed E-state index contributed by atoms with van der Waals surface area (Å²) in [5, 5.41) is 9.17. The molecule has 18 heavy (non-hydrogen) atoms. The second-order valence-corrected chi connectivity index (χ2v) is 4.51. The first-order valence-corrected chi connectivity index (χ1v) is 5.90. The molecule has 1 amide bonds. The fourth-order valence-electron chi connectivity index (χ4n) is 2.33. The summed E-state index contributed by atoms with van der Waals surface area (Å²) in [6, 6.07) is 8.31. The van der Waals surface area contributed by atoms with Gasteiger partial charge in [-0.15, -0.1) is 0 Å². The lowest BCUT2D eigenvalue weighted by Gasteiger charge is -2.30. The number of anilines is 1. The average Bonchev–Trinajstić information content (AvgIpc) is 2.76. The highest BCUT2D eigenvalue weighted by molar-refractivity contribution is 5.98. The first kappa shape index (κ1) is 10.8. The van der Waals surface area contributed by atoms with E-state index < -0.39 is 0 Å². The van der Waals surface area contributed by atoms with E-state index in [9.17, 15) is 4.79 Å². The van der Waals surface area contributed by atoms with E-state index >= 15 is 0 Å². The van der Waals surface area contributed by atoms with Crippen LogP contribution in [0.5, 0.6) is 0 Å². The van der Waals surface area contributed by atoms with Crippen LogP contribution in [0.2, 0.25) is 0 Å². The SMILES string of the molecule is Nc1[nH]ncc1C(=O)NCC1Cc2ccccc21. The zero-order chi connectivity index (χ0) is 12.5. The highest BCUT2D eigenvalue weighted by Crippen LogP contribution is 2.34. The van der Waals surface area contributed by atoms with Gasteiger partial charge < -0.3 is 11.1 Å². The molecule has 0 fully saturated rings. The molecular weight excluding hydrogens is 228 g/mol. The molecule has 1 unspecified atom stereocenters. The van der Waals surface area contributed by atoms with Crippen LogP contribution in [0.15, 0.2) is 30.5 Å². The number of nitrogens with zero attached hydrogens (tertiary/aromatic N) is 1. The summed E-state index contributed by atoms with van der Waals surface area (Å²) in [6.45, 7) is 0.639. The Morgan fingerprint density at radius 2 is 2.33 bits per heavy atom. The van der Waals surface area contributed by atoms with Crippen molar-refractivity contribution in [1.82, 2.24) is 15.5 Å². The van der Waals surface area contributed by atoms with E-state index in [4.69, 9.17) is 5.73 Å². The fourth-order valence-corrected chi connectivity index (χ4v) is 2.33. The Bertz CT molecular complexity index is 590. The second kappa shape index (κ2) is 4.18. The molecule has 0 saturated carbocycles. The number of carbonyl (C=O) groups is 1. The molecule has 5 heteroatoms. The molecule has 1 atom stereocenters. The molecular formula is C13H14N4O. The number of hydrogen-bond donors (Lipinski definition) is 3. The van der Waals surface area contributed by atoms with Gasteiger partial charge in [0.1, 0.15) is 11.4 Å². The number of carbonyl (C=O) groups excluding carboxylic acids is 1. The van der Waals surface area contributed by atoms with E-state index in [-0.39, 0.29) is 5.91 Å². The number of nitrogen functional groups attached to an aromatic ring is 1. The van der Waals surface area contributed by atoms with Gasteiger partial charge in [-0.2, -0.15) is 5.10 Å². The van der Waals surface area contributed by atoms with Gasteiger partial charge in [-0.25, -0.2) is 0 Å². The minimum atomic E-state index is -0.175. The Balaban J connectivity index is 1.61. The number of rotatable bonds is 3. The monoisotopic (exact) mass is 242 g/mol. The number of nitrogens with one attached hydrogen (secondary N) is 2. The lowest BCUT2D eigenvalue weighted by Crippen LogP contribution is -2.33. The largest absolute Gasteiger partial charge is 0.383 e. The van der Waals surface area contributed by atoms with Gasteiger partial charge in [-0.1, -0.05) is 24.3 Å². The quantitative estimate of drug-likeness (QED) is 0.752. The number of aromatic amines is 1. The molecule has 1 aliphatic carbocycles. The van der Waals surface area contributed by atoms with Crippen molar-refractivity contribution in [2.75, 3.05) is 12.3 Å². The molecule has 0 spiro atoms. The molecule has 0 aliphatic heterocycles. The molecule has 1 aromatic heterocycles. The van der Waals surface area contributed by atoms with Crippen molar-refractivity contribution >= 4 is 11.7 Å². The van der Waals surface area contributed by atoms with Crippen molar-refractivity contribution in [2.45, 2.75) is 12.3 Å². The van der Waals surface area contributed by atoms with Crippen molar-refractivity contribution in [3.63, 3.8) is 0 Å². The third-order valence-electron chi connectivity index (χ3n) is 3.38. The van der Waals surface area contributed by atoms with Gasteiger partial charge >= 0.3 is 0 Å². The summed E-state index contributed by atoms with van der Waals surface area (Å²) >= 11 is 0. The maximum absolute atomic E-state index is 11.8. The first-order valence-electron chi connectivity index (χ1n) is 5.90. The highest BCUT2D eigenvalue weighted by Gasteiger charge is 2.25. The maximum atomic E-state index is 11.8. The van der Waals surface area contributed by atoms with E-state index in [1.54, 1.807) is 0 Å². The minimum absolute atomic E-state index is 0.175. The van der Waals surface area contributed by atoms with Crippen LogP contribution in [0.1, 0.15) is 27.4 Å². The van der Waals surface area contributed by atoms with Gasteiger partial charge in [0.25, 0.3) is 5.91 Å². The highest BCUT2D eigenvalue weighted by atomic mass is 16.1. The fraction of sp³-hybridized carbons (Fsp3) is 0.231. The summed E-state index contributed by atoms with van der Waals surface area (Å²) in [4.78, 5) is 11.8. The summed E-state index contributed by atoms with van der Waals surface area (Å²) < 4.78 is 0. The Kier molecular flexibility index (Phi) is 2.51. The average molecular weight is 242 g/mol. The minimum Gasteiger partial charge on any atom is -0.383 e. The molecule has 0 radical (unpaired) electrons. The Morgan fingerprint density at radius 1 is 1.50 bits per heavy atom. The molecule has 5 nitrogen and oxygen atoms in total. The Labute approximate surface area is 104 Å². The standard InChI is InChI=1S/C13H14N4O/c14-12-11(7-16-17-12)13(18)15-6-9-5-8-3-1-2-4-10(8)9/h1-4,7,9H,5-6H2,(H,15,18)(H3,14,16,17). The predicted molar refractivity (Wildman–Crippen MR) is 68.2 cm³/mol. The van der Waals surface area contributed by atoms with Gasteiger partial charge in [-0.05, 0) is 17.5 Å². The number of hydrogen-bond acceptors (Lipinski definition) is 3. The van der Waals surface area contributed by atoms with E-state index in [2.05, 4.69) is 27.6 Å². The molecule has 2 aromatic rings. The molecule has 0 bridgehead atoms. The van der Waals surface area contributed by atoms with E-state index in [1.807, 2.05) is 12.1 Å². The lowest BCUT2D eigenvalue weighted by atomic mass is 9.77. The number of amides is 1. The van der Waals surface area contributed by atoms with Gasteiger partial charge in [0.05, 0.1) is 6.20 Å². The van der Waals surface area contributed by atoms with Crippen molar-refractivity contribution in [3.05, 3.63) is 47.2 Å². The molecule has 92 valence electrons. The smallest absolute Gasteiger partial charge is 0.256 e. The number of nitrogens with two attached hydrogens (primary N) is 1. The molecule has 1 heterocycles. The van der Waals surface area contributed by atoms with Crippen LogP contribution in [0, 0.1) is 0 Å². The van der Waals surface area contributed by atoms with Crippen LogP contribution in [0.4, 0.5) is 5.82 Å². The van der Waals surface area contributed by atoms with Gasteiger partial charge in [0, 0.05) is 12.5 Å². The zero-order valence-corrected chi connectivity index (χ0v) is 9.81. The first-order chi connectivity index (χ1) is 8.75.